The van der Waals surface area contributed by atoms with Gasteiger partial charge >= 0.3 is 0 Å². The molecule has 1 fully saturated rings. The summed E-state index contributed by atoms with van der Waals surface area (Å²) >= 11 is 2.05. The Morgan fingerprint density at radius 2 is 2.33 bits per heavy atom. The van der Waals surface area contributed by atoms with Gasteiger partial charge in [-0.05, 0) is 36.3 Å². The number of hydrogen-bond donors (Lipinski definition) is 1. The summed E-state index contributed by atoms with van der Waals surface area (Å²) in [5.41, 5.74) is 9.18. The first-order chi connectivity index (χ1) is 8.79. The van der Waals surface area contributed by atoms with E-state index in [4.69, 9.17) is 10.7 Å². The first-order valence-corrected chi connectivity index (χ1v) is 7.61. The van der Waals surface area contributed by atoms with Crippen molar-refractivity contribution >= 4 is 22.8 Å². The van der Waals surface area contributed by atoms with Crippen LogP contribution in [-0.4, -0.2) is 15.3 Å². The number of benzene rings is 1. The highest BCUT2D eigenvalue weighted by atomic mass is 32.2. The molecule has 1 unspecified atom stereocenters. The lowest BCUT2D eigenvalue weighted by Gasteiger charge is -2.20. The zero-order chi connectivity index (χ0) is 12.5. The molecule has 1 aliphatic heterocycles. The van der Waals surface area contributed by atoms with Crippen LogP contribution in [-0.2, 0) is 13.6 Å². The van der Waals surface area contributed by atoms with Gasteiger partial charge in [-0.2, -0.15) is 11.8 Å². The second-order valence-corrected chi connectivity index (χ2v) is 6.22. The highest BCUT2D eigenvalue weighted by Gasteiger charge is 2.21. The molecule has 0 aliphatic carbocycles. The fourth-order valence-corrected chi connectivity index (χ4v) is 3.96. The molecule has 0 bridgehead atoms. The number of rotatable bonds is 2. The third-order valence-electron chi connectivity index (χ3n) is 3.68. The molecule has 4 heteroatoms. The van der Waals surface area contributed by atoms with Crippen LogP contribution in [0.1, 0.15) is 35.9 Å². The summed E-state index contributed by atoms with van der Waals surface area (Å²) < 4.78 is 2.25. The number of fused-ring (bicyclic) bond motifs is 1. The maximum atomic E-state index is 5.71. The van der Waals surface area contributed by atoms with Crippen molar-refractivity contribution in [3.05, 3.63) is 29.6 Å². The molecule has 3 nitrogen and oxygen atoms in total. The van der Waals surface area contributed by atoms with Crippen molar-refractivity contribution < 1.29 is 0 Å². The quantitative estimate of drug-likeness (QED) is 0.904. The van der Waals surface area contributed by atoms with Crippen LogP contribution in [0.25, 0.3) is 11.0 Å². The van der Waals surface area contributed by atoms with Gasteiger partial charge in [-0.1, -0.05) is 12.5 Å². The molecular formula is C14H19N3S. The van der Waals surface area contributed by atoms with Crippen LogP contribution >= 0.6 is 11.8 Å². The molecule has 1 atom stereocenters. The summed E-state index contributed by atoms with van der Waals surface area (Å²) in [6.45, 7) is 0.592. The Bertz CT molecular complexity index is 555. The zero-order valence-corrected chi connectivity index (χ0v) is 11.5. The predicted molar refractivity (Wildman–Crippen MR) is 77.7 cm³/mol. The SMILES string of the molecule is Cn1c(C2CCCCS2)nc2ccc(CN)cc21. The lowest BCUT2D eigenvalue weighted by Crippen LogP contribution is -2.08. The average molecular weight is 261 g/mol. The van der Waals surface area contributed by atoms with E-state index in [1.54, 1.807) is 0 Å². The molecule has 1 aromatic heterocycles. The van der Waals surface area contributed by atoms with Gasteiger partial charge in [-0.3, -0.25) is 0 Å². The smallest absolute Gasteiger partial charge is 0.122 e. The van der Waals surface area contributed by atoms with Gasteiger partial charge in [-0.25, -0.2) is 4.98 Å². The fraction of sp³-hybridized carbons (Fsp3) is 0.500. The van der Waals surface area contributed by atoms with Crippen LogP contribution in [0.5, 0.6) is 0 Å². The molecule has 3 rings (SSSR count). The molecule has 18 heavy (non-hydrogen) atoms. The molecule has 2 heterocycles. The Kier molecular flexibility index (Phi) is 3.31. The molecule has 0 amide bonds. The first kappa shape index (κ1) is 12.1. The lowest BCUT2D eigenvalue weighted by atomic mass is 10.2. The van der Waals surface area contributed by atoms with Crippen molar-refractivity contribution in [2.24, 2.45) is 12.8 Å². The van der Waals surface area contributed by atoms with E-state index in [0.717, 1.165) is 5.52 Å². The van der Waals surface area contributed by atoms with E-state index in [9.17, 15) is 0 Å². The van der Waals surface area contributed by atoms with Crippen LogP contribution in [0.15, 0.2) is 18.2 Å². The van der Waals surface area contributed by atoms with E-state index in [0.29, 0.717) is 11.8 Å². The minimum Gasteiger partial charge on any atom is -0.330 e. The third kappa shape index (κ3) is 2.04. The molecule has 1 aromatic carbocycles. The van der Waals surface area contributed by atoms with Crippen molar-refractivity contribution in [1.29, 1.82) is 0 Å². The van der Waals surface area contributed by atoms with E-state index >= 15 is 0 Å². The molecule has 0 saturated carbocycles. The summed E-state index contributed by atoms with van der Waals surface area (Å²) in [4.78, 5) is 4.81. The number of aryl methyl sites for hydroxylation is 1. The van der Waals surface area contributed by atoms with Crippen molar-refractivity contribution in [3.8, 4) is 0 Å². The topological polar surface area (TPSA) is 43.8 Å². The van der Waals surface area contributed by atoms with Gasteiger partial charge in [-0.15, -0.1) is 0 Å². The number of nitrogens with zero attached hydrogens (tertiary/aromatic N) is 2. The van der Waals surface area contributed by atoms with Crippen LogP contribution in [0.3, 0.4) is 0 Å². The van der Waals surface area contributed by atoms with E-state index in [1.165, 1.54) is 41.9 Å². The van der Waals surface area contributed by atoms with Crippen molar-refractivity contribution in [2.75, 3.05) is 5.75 Å². The van der Waals surface area contributed by atoms with Gasteiger partial charge in [0.25, 0.3) is 0 Å². The van der Waals surface area contributed by atoms with E-state index in [-0.39, 0.29) is 0 Å². The molecule has 96 valence electrons. The standard InChI is InChI=1S/C14H19N3S/c1-17-12-8-10(9-15)5-6-11(12)16-14(17)13-4-2-3-7-18-13/h5-6,8,13H,2-4,7,9,15H2,1H3. The van der Waals surface area contributed by atoms with E-state index in [1.807, 2.05) is 11.8 Å². The molecule has 2 N–H and O–H groups in total. The van der Waals surface area contributed by atoms with Gasteiger partial charge < -0.3 is 10.3 Å². The monoisotopic (exact) mass is 261 g/mol. The largest absolute Gasteiger partial charge is 0.330 e. The Morgan fingerprint density at radius 3 is 3.06 bits per heavy atom. The lowest BCUT2D eigenvalue weighted by molar-refractivity contribution is 0.646. The maximum absolute atomic E-state index is 5.71. The molecule has 2 aromatic rings. The fourth-order valence-electron chi connectivity index (χ4n) is 2.61. The van der Waals surface area contributed by atoms with Gasteiger partial charge in [0.1, 0.15) is 5.82 Å². The number of nitrogens with two attached hydrogens (primary N) is 1. The zero-order valence-electron chi connectivity index (χ0n) is 10.7. The van der Waals surface area contributed by atoms with Crippen molar-refractivity contribution in [2.45, 2.75) is 31.1 Å². The van der Waals surface area contributed by atoms with E-state index < -0.39 is 0 Å². The number of aromatic nitrogens is 2. The normalized spacial score (nSPS) is 20.4. The Hall–Kier alpha value is -1.00. The van der Waals surface area contributed by atoms with Crippen molar-refractivity contribution in [1.82, 2.24) is 9.55 Å². The van der Waals surface area contributed by atoms with Gasteiger partial charge in [0, 0.05) is 13.6 Å². The number of hydrogen-bond acceptors (Lipinski definition) is 3. The second kappa shape index (κ2) is 4.94. The maximum Gasteiger partial charge on any atom is 0.122 e. The van der Waals surface area contributed by atoms with Crippen LogP contribution in [0.4, 0.5) is 0 Å². The Balaban J connectivity index is 2.04. The minimum atomic E-state index is 0.567. The average Bonchev–Trinajstić information content (AvgIpc) is 2.77. The van der Waals surface area contributed by atoms with Gasteiger partial charge in [0.2, 0.25) is 0 Å². The van der Waals surface area contributed by atoms with Crippen LogP contribution < -0.4 is 5.73 Å². The van der Waals surface area contributed by atoms with Crippen LogP contribution in [0.2, 0.25) is 0 Å². The minimum absolute atomic E-state index is 0.567. The second-order valence-electron chi connectivity index (χ2n) is 4.91. The predicted octanol–water partition coefficient (Wildman–Crippen LogP) is 2.99. The number of imidazole rings is 1. The Morgan fingerprint density at radius 1 is 1.44 bits per heavy atom. The van der Waals surface area contributed by atoms with E-state index in [2.05, 4.69) is 29.8 Å². The molecule has 0 spiro atoms. The summed E-state index contributed by atoms with van der Waals surface area (Å²) in [6, 6.07) is 6.33. The third-order valence-corrected chi connectivity index (χ3v) is 5.06. The Labute approximate surface area is 112 Å². The first-order valence-electron chi connectivity index (χ1n) is 6.56. The molecule has 1 saturated heterocycles. The molecular weight excluding hydrogens is 242 g/mol. The summed E-state index contributed by atoms with van der Waals surface area (Å²) in [5, 5.41) is 0.567. The highest BCUT2D eigenvalue weighted by molar-refractivity contribution is 7.99. The molecule has 0 radical (unpaired) electrons. The summed E-state index contributed by atoms with van der Waals surface area (Å²) in [6.07, 6.45) is 3.93. The summed E-state index contributed by atoms with van der Waals surface area (Å²) in [5.74, 6) is 2.49. The summed E-state index contributed by atoms with van der Waals surface area (Å²) in [7, 11) is 2.13. The van der Waals surface area contributed by atoms with Gasteiger partial charge in [0.15, 0.2) is 0 Å². The van der Waals surface area contributed by atoms with Crippen molar-refractivity contribution in [3.63, 3.8) is 0 Å². The van der Waals surface area contributed by atoms with Gasteiger partial charge in [0.05, 0.1) is 16.3 Å². The van der Waals surface area contributed by atoms with Crippen LogP contribution in [0, 0.1) is 0 Å². The number of thioether (sulfide) groups is 1. The molecule has 1 aliphatic rings. The highest BCUT2D eigenvalue weighted by Crippen LogP contribution is 2.38.